The van der Waals surface area contributed by atoms with E-state index in [-0.39, 0.29) is 12.8 Å². The summed E-state index contributed by atoms with van der Waals surface area (Å²) in [4.78, 5) is 2.20. The highest BCUT2D eigenvalue weighted by Gasteiger charge is 2.27. The predicted octanol–water partition coefficient (Wildman–Crippen LogP) is 0.628. The number of ether oxygens (including phenoxy) is 4. The van der Waals surface area contributed by atoms with Crippen LogP contribution in [-0.4, -0.2) is 93.4 Å². The third-order valence-corrected chi connectivity index (χ3v) is 4.15. The molecule has 1 aliphatic rings. The molecule has 2 atom stereocenters. The Hall–Kier alpha value is -0.280. The summed E-state index contributed by atoms with van der Waals surface area (Å²) in [5.74, 6) is 0. The Labute approximate surface area is 145 Å². The quantitative estimate of drug-likeness (QED) is 0.396. The minimum atomic E-state index is -0.389. The SMILES string of the molecule is CCC1CCCN1C(O)CCOCCOCCOCCOCCO. The Balaban J connectivity index is 1.82. The molecule has 0 aromatic rings. The van der Waals surface area contributed by atoms with Gasteiger partial charge < -0.3 is 29.2 Å². The molecule has 1 fully saturated rings. The highest BCUT2D eigenvalue weighted by molar-refractivity contribution is 4.79. The van der Waals surface area contributed by atoms with Crippen LogP contribution in [0.15, 0.2) is 0 Å². The standard InChI is InChI=1S/C17H35NO6/c1-2-16-4-3-6-18(16)17(20)5-8-21-10-12-23-14-15-24-13-11-22-9-7-19/h16-17,19-20H,2-15H2,1H3. The van der Waals surface area contributed by atoms with Crippen molar-refractivity contribution >= 4 is 0 Å². The second-order valence-electron chi connectivity index (χ2n) is 5.88. The van der Waals surface area contributed by atoms with E-state index < -0.39 is 0 Å². The van der Waals surface area contributed by atoms with Crippen LogP contribution < -0.4 is 0 Å². The van der Waals surface area contributed by atoms with Crippen LogP contribution in [0.4, 0.5) is 0 Å². The van der Waals surface area contributed by atoms with E-state index in [4.69, 9.17) is 24.1 Å². The molecular formula is C17H35NO6. The van der Waals surface area contributed by atoms with E-state index in [2.05, 4.69) is 11.8 Å². The van der Waals surface area contributed by atoms with E-state index in [9.17, 15) is 5.11 Å². The van der Waals surface area contributed by atoms with Gasteiger partial charge in [0, 0.05) is 19.0 Å². The third-order valence-electron chi connectivity index (χ3n) is 4.15. The molecule has 0 aromatic heterocycles. The highest BCUT2D eigenvalue weighted by Crippen LogP contribution is 2.22. The molecule has 1 saturated heterocycles. The molecule has 0 saturated carbocycles. The van der Waals surface area contributed by atoms with Gasteiger partial charge in [-0.05, 0) is 19.3 Å². The Morgan fingerprint density at radius 3 is 2.00 bits per heavy atom. The fourth-order valence-electron chi connectivity index (χ4n) is 2.87. The summed E-state index contributed by atoms with van der Waals surface area (Å²) in [5, 5.41) is 18.7. The fraction of sp³-hybridized carbons (Fsp3) is 1.00. The minimum absolute atomic E-state index is 0.0390. The van der Waals surface area contributed by atoms with Crippen LogP contribution in [0.3, 0.4) is 0 Å². The van der Waals surface area contributed by atoms with E-state index in [0.29, 0.717) is 65.3 Å². The first-order valence-corrected chi connectivity index (χ1v) is 9.15. The summed E-state index contributed by atoms with van der Waals surface area (Å²) in [6.45, 7) is 7.21. The van der Waals surface area contributed by atoms with Crippen LogP contribution >= 0.6 is 0 Å². The number of aliphatic hydroxyl groups excluding tert-OH is 2. The zero-order valence-corrected chi connectivity index (χ0v) is 15.0. The van der Waals surface area contributed by atoms with Crippen molar-refractivity contribution in [3.8, 4) is 0 Å². The lowest BCUT2D eigenvalue weighted by molar-refractivity contribution is -0.0389. The van der Waals surface area contributed by atoms with E-state index in [1.165, 1.54) is 12.8 Å². The van der Waals surface area contributed by atoms with Gasteiger partial charge in [-0.15, -0.1) is 0 Å². The number of nitrogens with zero attached hydrogens (tertiary/aromatic N) is 1. The lowest BCUT2D eigenvalue weighted by atomic mass is 10.1. The zero-order valence-electron chi connectivity index (χ0n) is 15.0. The van der Waals surface area contributed by atoms with Crippen molar-refractivity contribution in [1.82, 2.24) is 4.90 Å². The highest BCUT2D eigenvalue weighted by atomic mass is 16.6. The van der Waals surface area contributed by atoms with Gasteiger partial charge in [-0.1, -0.05) is 6.92 Å². The van der Waals surface area contributed by atoms with Gasteiger partial charge in [0.15, 0.2) is 0 Å². The number of aliphatic hydroxyl groups is 2. The summed E-state index contributed by atoms with van der Waals surface area (Å²) in [6, 6.07) is 0.525. The van der Waals surface area contributed by atoms with E-state index in [1.54, 1.807) is 0 Å². The number of hydrogen-bond donors (Lipinski definition) is 2. The molecule has 24 heavy (non-hydrogen) atoms. The van der Waals surface area contributed by atoms with Gasteiger partial charge in [-0.25, -0.2) is 0 Å². The molecule has 2 N–H and O–H groups in total. The summed E-state index contributed by atoms with van der Waals surface area (Å²) < 4.78 is 21.3. The maximum absolute atomic E-state index is 10.2. The molecule has 7 heteroatoms. The van der Waals surface area contributed by atoms with Gasteiger partial charge in [0.2, 0.25) is 0 Å². The lowest BCUT2D eigenvalue weighted by Crippen LogP contribution is -2.39. The van der Waals surface area contributed by atoms with Crippen molar-refractivity contribution < 1.29 is 29.2 Å². The third kappa shape index (κ3) is 9.88. The second-order valence-corrected chi connectivity index (χ2v) is 5.88. The molecule has 1 heterocycles. The number of hydrogen-bond acceptors (Lipinski definition) is 7. The average Bonchev–Trinajstić information content (AvgIpc) is 3.07. The maximum Gasteiger partial charge on any atom is 0.109 e. The first kappa shape index (κ1) is 21.8. The molecule has 0 aliphatic carbocycles. The van der Waals surface area contributed by atoms with Crippen LogP contribution in [0.1, 0.15) is 32.6 Å². The van der Waals surface area contributed by atoms with Gasteiger partial charge in [0.05, 0.1) is 59.5 Å². The fourth-order valence-corrected chi connectivity index (χ4v) is 2.87. The second kappa shape index (κ2) is 15.0. The average molecular weight is 349 g/mol. The molecule has 2 unspecified atom stereocenters. The van der Waals surface area contributed by atoms with Crippen LogP contribution in [0.2, 0.25) is 0 Å². The lowest BCUT2D eigenvalue weighted by Gasteiger charge is -2.28. The maximum atomic E-state index is 10.2. The summed E-state index contributed by atoms with van der Waals surface area (Å²) in [5.41, 5.74) is 0. The molecule has 1 rings (SSSR count). The van der Waals surface area contributed by atoms with E-state index in [0.717, 1.165) is 13.0 Å². The van der Waals surface area contributed by atoms with Crippen LogP contribution in [0.25, 0.3) is 0 Å². The van der Waals surface area contributed by atoms with Crippen LogP contribution in [0, 0.1) is 0 Å². The van der Waals surface area contributed by atoms with Crippen molar-refractivity contribution in [3.63, 3.8) is 0 Å². The Bertz CT molecular complexity index is 282. The molecule has 0 amide bonds. The van der Waals surface area contributed by atoms with Crippen molar-refractivity contribution in [2.75, 3.05) is 66.0 Å². The van der Waals surface area contributed by atoms with Gasteiger partial charge in [0.1, 0.15) is 6.23 Å². The normalized spacial score (nSPS) is 19.9. The predicted molar refractivity (Wildman–Crippen MR) is 91.0 cm³/mol. The van der Waals surface area contributed by atoms with Gasteiger partial charge in [-0.3, -0.25) is 4.90 Å². The summed E-state index contributed by atoms with van der Waals surface area (Å²) >= 11 is 0. The van der Waals surface area contributed by atoms with Gasteiger partial charge in [0.25, 0.3) is 0 Å². The Kier molecular flexibility index (Phi) is 13.6. The van der Waals surface area contributed by atoms with Gasteiger partial charge in [-0.2, -0.15) is 0 Å². The molecular weight excluding hydrogens is 314 g/mol. The number of rotatable bonds is 16. The van der Waals surface area contributed by atoms with Crippen molar-refractivity contribution in [1.29, 1.82) is 0 Å². The van der Waals surface area contributed by atoms with Crippen molar-refractivity contribution in [3.05, 3.63) is 0 Å². The first-order chi connectivity index (χ1) is 11.8. The van der Waals surface area contributed by atoms with E-state index in [1.807, 2.05) is 0 Å². The molecule has 0 radical (unpaired) electrons. The zero-order chi connectivity index (χ0) is 17.5. The smallest absolute Gasteiger partial charge is 0.109 e. The summed E-state index contributed by atoms with van der Waals surface area (Å²) in [6.07, 6.45) is 3.73. The monoisotopic (exact) mass is 349 g/mol. The van der Waals surface area contributed by atoms with E-state index >= 15 is 0 Å². The molecule has 1 aliphatic heterocycles. The Morgan fingerprint density at radius 2 is 1.46 bits per heavy atom. The van der Waals surface area contributed by atoms with Gasteiger partial charge >= 0.3 is 0 Å². The minimum Gasteiger partial charge on any atom is -0.394 e. The topological polar surface area (TPSA) is 80.6 Å². The molecule has 0 bridgehead atoms. The van der Waals surface area contributed by atoms with Crippen LogP contribution in [0.5, 0.6) is 0 Å². The molecule has 0 aromatic carbocycles. The van der Waals surface area contributed by atoms with Crippen molar-refractivity contribution in [2.24, 2.45) is 0 Å². The van der Waals surface area contributed by atoms with Crippen molar-refractivity contribution in [2.45, 2.75) is 44.9 Å². The largest absolute Gasteiger partial charge is 0.394 e. The van der Waals surface area contributed by atoms with Crippen LogP contribution in [-0.2, 0) is 18.9 Å². The summed E-state index contributed by atoms with van der Waals surface area (Å²) in [7, 11) is 0. The molecule has 7 nitrogen and oxygen atoms in total. The molecule has 144 valence electrons. The number of likely N-dealkylation sites (tertiary alicyclic amines) is 1. The first-order valence-electron chi connectivity index (χ1n) is 9.15. The molecule has 0 spiro atoms. The Morgan fingerprint density at radius 1 is 0.917 bits per heavy atom.